The second kappa shape index (κ2) is 11.6. The fourth-order valence-electron chi connectivity index (χ4n) is 4.81. The summed E-state index contributed by atoms with van der Waals surface area (Å²) in [5, 5.41) is 15.5. The van der Waals surface area contributed by atoms with Gasteiger partial charge in [0.1, 0.15) is 5.82 Å². The molecule has 7 nitrogen and oxygen atoms in total. The van der Waals surface area contributed by atoms with Gasteiger partial charge in [0.2, 0.25) is 5.91 Å². The van der Waals surface area contributed by atoms with E-state index in [1.165, 1.54) is 6.07 Å². The Hall–Kier alpha value is -2.64. The second-order valence-corrected chi connectivity index (χ2v) is 13.3. The molecule has 1 heterocycles. The lowest BCUT2D eigenvalue weighted by Crippen LogP contribution is -2.49. The molecule has 204 valence electrons. The zero-order valence-electron chi connectivity index (χ0n) is 22.5. The normalized spacial score (nSPS) is 21.9. The van der Waals surface area contributed by atoms with E-state index in [4.69, 9.17) is 4.74 Å². The third-order valence-electron chi connectivity index (χ3n) is 7.39. The van der Waals surface area contributed by atoms with Crippen LogP contribution >= 0.6 is 0 Å². The van der Waals surface area contributed by atoms with Gasteiger partial charge in [-0.25, -0.2) is 13.3 Å². The van der Waals surface area contributed by atoms with E-state index in [1.54, 1.807) is 31.4 Å². The van der Waals surface area contributed by atoms with E-state index in [2.05, 4.69) is 21.4 Å². The highest BCUT2D eigenvalue weighted by atomic mass is 32.2. The molecule has 1 amide bonds. The molecule has 1 unspecified atom stereocenters. The fourth-order valence-corrected chi connectivity index (χ4v) is 5.77. The second-order valence-electron chi connectivity index (χ2n) is 11.3. The first-order chi connectivity index (χ1) is 18.1. The summed E-state index contributed by atoms with van der Waals surface area (Å²) >= 11 is 0. The molecule has 0 aromatic heterocycles. The summed E-state index contributed by atoms with van der Waals surface area (Å²) in [6.45, 7) is 6.24. The summed E-state index contributed by atoms with van der Waals surface area (Å²) in [5.41, 5.74) is 1.03. The molecule has 9 heteroatoms. The molecule has 0 radical (unpaired) electrons. The van der Waals surface area contributed by atoms with Gasteiger partial charge in [0.05, 0.1) is 50.7 Å². The number of anilines is 1. The summed E-state index contributed by atoms with van der Waals surface area (Å²) < 4.78 is 36.8. The molecule has 1 aliphatic heterocycles. The maximum Gasteiger partial charge on any atom is 0.241 e. The van der Waals surface area contributed by atoms with E-state index in [1.807, 2.05) is 32.9 Å². The molecule has 0 spiro atoms. The van der Waals surface area contributed by atoms with Crippen LogP contribution in [0.3, 0.4) is 0 Å². The monoisotopic (exact) mass is 540 g/mol. The summed E-state index contributed by atoms with van der Waals surface area (Å²) in [5.74, 6) is -0.302. The minimum Gasteiger partial charge on any atom is -0.380 e. The van der Waals surface area contributed by atoms with Gasteiger partial charge in [-0.1, -0.05) is 31.0 Å². The Bertz CT molecular complexity index is 1240. The number of hydrogen-bond acceptors (Lipinski definition) is 5. The summed E-state index contributed by atoms with van der Waals surface area (Å²) in [4.78, 5) is 13.0. The van der Waals surface area contributed by atoms with Gasteiger partial charge in [0, 0.05) is 13.7 Å². The molecule has 4 atom stereocenters. The molecule has 2 aromatic carbocycles. The van der Waals surface area contributed by atoms with Crippen LogP contribution in [0.2, 0.25) is 0 Å². The van der Waals surface area contributed by atoms with E-state index in [9.17, 15) is 14.3 Å². The van der Waals surface area contributed by atoms with Crippen LogP contribution in [-0.2, 0) is 26.1 Å². The van der Waals surface area contributed by atoms with Crippen molar-refractivity contribution in [1.82, 2.24) is 10.0 Å². The number of carbonyl (C=O) groups excluding carboxylic acids is 1. The van der Waals surface area contributed by atoms with Crippen LogP contribution in [0.5, 0.6) is 0 Å². The van der Waals surface area contributed by atoms with E-state index in [-0.39, 0.29) is 17.7 Å². The quantitative estimate of drug-likeness (QED) is 0.412. The Morgan fingerprint density at radius 2 is 1.95 bits per heavy atom. The van der Waals surface area contributed by atoms with Crippen molar-refractivity contribution >= 4 is 22.6 Å². The Labute approximate surface area is 227 Å². The van der Waals surface area contributed by atoms with Gasteiger partial charge in [0.25, 0.3) is 0 Å². The number of benzene rings is 2. The molecular formula is C29H37FN4O3S. The molecule has 2 fully saturated rings. The van der Waals surface area contributed by atoms with Crippen LogP contribution in [0.15, 0.2) is 42.5 Å². The van der Waals surface area contributed by atoms with Crippen molar-refractivity contribution in [3.8, 4) is 6.07 Å². The zero-order valence-corrected chi connectivity index (χ0v) is 23.3. The number of hydrogen-bond donors (Lipinski definition) is 3. The average Bonchev–Trinajstić information content (AvgIpc) is 3.60. The molecule has 4 rings (SSSR count). The first-order valence-electron chi connectivity index (χ1n) is 13.1. The molecule has 38 heavy (non-hydrogen) atoms. The van der Waals surface area contributed by atoms with Gasteiger partial charge in [-0.2, -0.15) is 5.26 Å². The minimum atomic E-state index is -1.48. The number of nitrogens with zero attached hydrogens (tertiary/aromatic N) is 1. The van der Waals surface area contributed by atoms with Gasteiger partial charge >= 0.3 is 0 Å². The number of nitriles is 1. The molecule has 1 aliphatic carbocycles. The number of methoxy groups -OCH3 is 1. The lowest BCUT2D eigenvalue weighted by atomic mass is 9.79. The summed E-state index contributed by atoms with van der Waals surface area (Å²) in [6, 6.07) is 13.6. The lowest BCUT2D eigenvalue weighted by molar-refractivity contribution is -0.118. The van der Waals surface area contributed by atoms with Crippen LogP contribution in [0.25, 0.3) is 0 Å². The Kier molecular flexibility index (Phi) is 8.68. The van der Waals surface area contributed by atoms with Crippen molar-refractivity contribution in [3.63, 3.8) is 0 Å². The zero-order chi connectivity index (χ0) is 27.5. The van der Waals surface area contributed by atoms with Crippen molar-refractivity contribution in [3.05, 3.63) is 65.0 Å². The van der Waals surface area contributed by atoms with Crippen LogP contribution < -0.4 is 15.4 Å². The van der Waals surface area contributed by atoms with Gasteiger partial charge < -0.3 is 15.4 Å². The molecule has 3 N–H and O–H groups in total. The minimum absolute atomic E-state index is 0.0609. The third kappa shape index (κ3) is 6.49. The van der Waals surface area contributed by atoms with E-state index in [0.29, 0.717) is 36.4 Å². The van der Waals surface area contributed by atoms with Gasteiger partial charge in [-0.15, -0.1) is 0 Å². The van der Waals surface area contributed by atoms with Gasteiger partial charge in [0.15, 0.2) is 0 Å². The van der Waals surface area contributed by atoms with E-state index >= 15 is 4.39 Å². The lowest BCUT2D eigenvalue weighted by Gasteiger charge is -2.38. The maximum atomic E-state index is 15.1. The van der Waals surface area contributed by atoms with Gasteiger partial charge in [-0.05, 0) is 81.3 Å². The predicted octanol–water partition coefficient (Wildman–Crippen LogP) is 4.50. The number of halogens is 1. The number of rotatable bonds is 10. The van der Waals surface area contributed by atoms with Crippen LogP contribution in [-0.4, -0.2) is 40.7 Å². The van der Waals surface area contributed by atoms with E-state index < -0.39 is 33.1 Å². The molecular weight excluding hydrogens is 503 g/mol. The maximum absolute atomic E-state index is 15.1. The largest absolute Gasteiger partial charge is 0.380 e. The highest BCUT2D eigenvalue weighted by Gasteiger charge is 2.40. The Morgan fingerprint density at radius 3 is 2.58 bits per heavy atom. The van der Waals surface area contributed by atoms with Crippen molar-refractivity contribution < 1.29 is 18.1 Å². The standard InChI is InChI=1S/C29H37FN4O3S/c1-28(2,3)38(36)34-29(13-12-19-8-9-19,21-7-5-6-20(14-21)17-31)22-10-11-24(30)25(15-22)33-27(35)26-16-23(37-4)18-32-26/h5-7,10-11,14-15,19,23,26,32,34H,8-9,12-13,16,18H2,1-4H3,(H,33,35)/t23-,26-,29?,38-/m1/s1. The summed E-state index contributed by atoms with van der Waals surface area (Å²) in [7, 11) is 0.126. The van der Waals surface area contributed by atoms with Gasteiger partial charge in [-0.3, -0.25) is 4.79 Å². The van der Waals surface area contributed by atoms with Crippen LogP contribution in [0.1, 0.15) is 69.6 Å². The molecule has 0 bridgehead atoms. The number of ether oxygens (including phenoxy) is 1. The number of nitrogens with one attached hydrogen (secondary N) is 3. The third-order valence-corrected chi connectivity index (χ3v) is 9.04. The fraction of sp³-hybridized carbons (Fsp3) is 0.517. The van der Waals surface area contributed by atoms with Crippen molar-refractivity contribution in [2.24, 2.45) is 5.92 Å². The average molecular weight is 541 g/mol. The van der Waals surface area contributed by atoms with Crippen LogP contribution in [0.4, 0.5) is 10.1 Å². The highest BCUT2D eigenvalue weighted by molar-refractivity contribution is 7.84. The molecule has 1 saturated heterocycles. The number of carbonyl (C=O) groups is 1. The highest BCUT2D eigenvalue weighted by Crippen LogP contribution is 2.43. The first kappa shape index (κ1) is 28.4. The van der Waals surface area contributed by atoms with Crippen LogP contribution in [0, 0.1) is 23.1 Å². The van der Waals surface area contributed by atoms with Crippen molar-refractivity contribution in [2.45, 2.75) is 75.3 Å². The SMILES string of the molecule is CO[C@H]1CN[C@@H](C(=O)Nc2cc(C(CCC3CC3)(N[S@](=O)C(C)(C)C)c3cccc(C#N)c3)ccc2F)C1. The van der Waals surface area contributed by atoms with Crippen molar-refractivity contribution in [1.29, 1.82) is 5.26 Å². The molecule has 2 aromatic rings. The molecule has 2 aliphatic rings. The molecule has 1 saturated carbocycles. The van der Waals surface area contributed by atoms with E-state index in [0.717, 1.165) is 24.8 Å². The Balaban J connectivity index is 1.77. The van der Waals surface area contributed by atoms with Crippen molar-refractivity contribution in [2.75, 3.05) is 19.0 Å². The first-order valence-corrected chi connectivity index (χ1v) is 14.3. The topological polar surface area (TPSA) is 103 Å². The predicted molar refractivity (Wildman–Crippen MR) is 147 cm³/mol. The summed E-state index contributed by atoms with van der Waals surface area (Å²) in [6.07, 6.45) is 4.22. The Morgan fingerprint density at radius 1 is 1.21 bits per heavy atom. The smallest absolute Gasteiger partial charge is 0.241 e. The number of amides is 1.